The van der Waals surface area contributed by atoms with Crippen LogP contribution in [-0.2, 0) is 4.74 Å². The molecule has 1 fully saturated rings. The van der Waals surface area contributed by atoms with Crippen LogP contribution in [0.25, 0.3) is 0 Å². The van der Waals surface area contributed by atoms with Crippen LogP contribution in [0.1, 0.15) is 49.1 Å². The summed E-state index contributed by atoms with van der Waals surface area (Å²) in [5.41, 5.74) is 7.17. The van der Waals surface area contributed by atoms with Crippen LogP contribution in [0.2, 0.25) is 0 Å². The van der Waals surface area contributed by atoms with Gasteiger partial charge in [-0.1, -0.05) is 6.07 Å². The van der Waals surface area contributed by atoms with Crippen LogP contribution in [0.5, 0.6) is 11.5 Å². The molecule has 1 aromatic carbocycles. The topological polar surface area (TPSA) is 95.3 Å². The fourth-order valence-corrected chi connectivity index (χ4v) is 2.67. The Kier molecular flexibility index (Phi) is 4.78. The molecular formula is C16H22N4O3. The van der Waals surface area contributed by atoms with Crippen molar-refractivity contribution in [1.82, 2.24) is 15.2 Å². The van der Waals surface area contributed by atoms with Gasteiger partial charge in [-0.2, -0.15) is 5.10 Å². The first-order chi connectivity index (χ1) is 11.2. The summed E-state index contributed by atoms with van der Waals surface area (Å²) in [5, 5.41) is 7.18. The highest BCUT2D eigenvalue weighted by molar-refractivity contribution is 5.44. The lowest BCUT2D eigenvalue weighted by Crippen LogP contribution is -2.14. The third-order valence-electron chi connectivity index (χ3n) is 3.88. The van der Waals surface area contributed by atoms with Crippen molar-refractivity contribution < 1.29 is 14.2 Å². The highest BCUT2D eigenvalue weighted by Gasteiger charge is 2.23. The Balaban J connectivity index is 1.82. The molecule has 124 valence electrons. The van der Waals surface area contributed by atoms with Gasteiger partial charge in [0.2, 0.25) is 0 Å². The molecule has 2 heterocycles. The lowest BCUT2D eigenvalue weighted by Gasteiger charge is -2.13. The summed E-state index contributed by atoms with van der Waals surface area (Å²) in [6, 6.07) is 5.17. The normalized spacial score (nSPS) is 18.8. The van der Waals surface area contributed by atoms with Crippen molar-refractivity contribution in [3.05, 3.63) is 35.4 Å². The second-order valence-electron chi connectivity index (χ2n) is 5.40. The van der Waals surface area contributed by atoms with E-state index in [2.05, 4.69) is 15.2 Å². The molecule has 1 aromatic heterocycles. The van der Waals surface area contributed by atoms with Crippen molar-refractivity contribution in [1.29, 1.82) is 0 Å². The number of aromatic amines is 1. The zero-order valence-corrected chi connectivity index (χ0v) is 13.4. The van der Waals surface area contributed by atoms with E-state index in [1.54, 1.807) is 7.11 Å². The van der Waals surface area contributed by atoms with Crippen molar-refractivity contribution in [2.45, 2.75) is 31.9 Å². The number of ether oxygens (including phenoxy) is 3. The van der Waals surface area contributed by atoms with E-state index in [0.717, 1.165) is 30.8 Å². The van der Waals surface area contributed by atoms with E-state index in [9.17, 15) is 0 Å². The maximum absolute atomic E-state index is 6.30. The smallest absolute Gasteiger partial charge is 0.171 e. The van der Waals surface area contributed by atoms with Crippen molar-refractivity contribution in [2.75, 3.05) is 20.3 Å². The van der Waals surface area contributed by atoms with Gasteiger partial charge in [0.15, 0.2) is 23.1 Å². The van der Waals surface area contributed by atoms with E-state index in [1.165, 1.54) is 0 Å². The van der Waals surface area contributed by atoms with Gasteiger partial charge in [0.05, 0.1) is 19.8 Å². The number of H-pyrrole nitrogens is 1. The zero-order chi connectivity index (χ0) is 16.2. The molecule has 0 radical (unpaired) electrons. The Bertz CT molecular complexity index is 653. The van der Waals surface area contributed by atoms with E-state index >= 15 is 0 Å². The van der Waals surface area contributed by atoms with Gasteiger partial charge in [0, 0.05) is 6.61 Å². The molecule has 0 spiro atoms. The molecule has 1 saturated heterocycles. The monoisotopic (exact) mass is 318 g/mol. The van der Waals surface area contributed by atoms with Gasteiger partial charge in [-0.05, 0) is 37.5 Å². The first-order valence-electron chi connectivity index (χ1n) is 7.83. The van der Waals surface area contributed by atoms with Gasteiger partial charge in [-0.25, -0.2) is 4.98 Å². The lowest BCUT2D eigenvalue weighted by molar-refractivity contribution is 0.105. The van der Waals surface area contributed by atoms with Crippen molar-refractivity contribution in [2.24, 2.45) is 5.73 Å². The molecule has 2 aromatic rings. The lowest BCUT2D eigenvalue weighted by atomic mass is 10.1. The SMILES string of the molecule is CCOc1cc([C@H](N)c2n[nH]c([C@@H]3CCCO3)n2)ccc1OC. The summed E-state index contributed by atoms with van der Waals surface area (Å²) in [4.78, 5) is 4.50. The minimum absolute atomic E-state index is 0.00157. The molecule has 1 aliphatic rings. The molecule has 0 aliphatic carbocycles. The quantitative estimate of drug-likeness (QED) is 0.847. The third-order valence-corrected chi connectivity index (χ3v) is 3.88. The number of aromatic nitrogens is 3. The van der Waals surface area contributed by atoms with Gasteiger partial charge < -0.3 is 19.9 Å². The molecule has 2 atom stereocenters. The second kappa shape index (κ2) is 6.97. The van der Waals surface area contributed by atoms with Gasteiger partial charge >= 0.3 is 0 Å². The number of rotatable bonds is 6. The van der Waals surface area contributed by atoms with E-state index in [0.29, 0.717) is 23.9 Å². The van der Waals surface area contributed by atoms with Crippen LogP contribution >= 0.6 is 0 Å². The average molecular weight is 318 g/mol. The largest absolute Gasteiger partial charge is 0.493 e. The number of nitrogens with one attached hydrogen (secondary N) is 1. The molecule has 7 heteroatoms. The summed E-state index contributed by atoms with van der Waals surface area (Å²) >= 11 is 0. The summed E-state index contributed by atoms with van der Waals surface area (Å²) in [5.74, 6) is 2.63. The third kappa shape index (κ3) is 3.30. The van der Waals surface area contributed by atoms with E-state index in [-0.39, 0.29) is 6.10 Å². The molecule has 0 amide bonds. The zero-order valence-electron chi connectivity index (χ0n) is 13.4. The van der Waals surface area contributed by atoms with Gasteiger partial charge in [0.25, 0.3) is 0 Å². The molecule has 3 rings (SSSR count). The number of hydrogen-bond acceptors (Lipinski definition) is 6. The summed E-state index contributed by atoms with van der Waals surface area (Å²) < 4.78 is 16.5. The number of hydrogen-bond donors (Lipinski definition) is 2. The Hall–Kier alpha value is -2.12. The highest BCUT2D eigenvalue weighted by atomic mass is 16.5. The Labute approximate surface area is 135 Å². The maximum Gasteiger partial charge on any atom is 0.171 e. The first kappa shape index (κ1) is 15.8. The van der Waals surface area contributed by atoms with Crippen LogP contribution in [-0.4, -0.2) is 35.5 Å². The van der Waals surface area contributed by atoms with E-state index in [1.807, 2.05) is 25.1 Å². The minimum Gasteiger partial charge on any atom is -0.493 e. The minimum atomic E-state index is -0.438. The van der Waals surface area contributed by atoms with Crippen LogP contribution in [0.3, 0.4) is 0 Å². The van der Waals surface area contributed by atoms with Crippen molar-refractivity contribution in [3.63, 3.8) is 0 Å². The summed E-state index contributed by atoms with van der Waals surface area (Å²) in [6.45, 7) is 3.25. The maximum atomic E-state index is 6.30. The molecule has 1 aliphatic heterocycles. The second-order valence-corrected chi connectivity index (χ2v) is 5.40. The first-order valence-corrected chi connectivity index (χ1v) is 7.83. The molecule has 0 unspecified atom stereocenters. The standard InChI is InChI=1S/C16H22N4O3/c1-3-22-13-9-10(6-7-11(13)21-2)14(17)16-18-15(19-20-16)12-5-4-8-23-12/h6-7,9,12,14H,3-5,8,17H2,1-2H3,(H,18,19,20)/t12-,14-/m0/s1. The predicted octanol–water partition coefficient (Wildman–Crippen LogP) is 2.11. The van der Waals surface area contributed by atoms with Gasteiger partial charge in [-0.3, -0.25) is 5.10 Å². The number of nitrogens with two attached hydrogens (primary N) is 1. The number of nitrogens with zero attached hydrogens (tertiary/aromatic N) is 2. The van der Waals surface area contributed by atoms with Gasteiger partial charge in [-0.15, -0.1) is 0 Å². The Morgan fingerprint density at radius 1 is 1.43 bits per heavy atom. The van der Waals surface area contributed by atoms with Crippen LogP contribution in [0.15, 0.2) is 18.2 Å². The number of methoxy groups -OCH3 is 1. The van der Waals surface area contributed by atoms with Crippen LogP contribution in [0.4, 0.5) is 0 Å². The summed E-state index contributed by atoms with van der Waals surface area (Å²) in [7, 11) is 1.61. The Morgan fingerprint density at radius 3 is 3.00 bits per heavy atom. The highest BCUT2D eigenvalue weighted by Crippen LogP contribution is 2.32. The predicted molar refractivity (Wildman–Crippen MR) is 84.5 cm³/mol. The fourth-order valence-electron chi connectivity index (χ4n) is 2.67. The van der Waals surface area contributed by atoms with E-state index in [4.69, 9.17) is 19.9 Å². The van der Waals surface area contributed by atoms with Crippen LogP contribution in [0, 0.1) is 0 Å². The van der Waals surface area contributed by atoms with E-state index < -0.39 is 6.04 Å². The number of benzene rings is 1. The fraction of sp³-hybridized carbons (Fsp3) is 0.500. The van der Waals surface area contributed by atoms with Crippen molar-refractivity contribution >= 4 is 0 Å². The molecular weight excluding hydrogens is 296 g/mol. The summed E-state index contributed by atoms with van der Waals surface area (Å²) in [6.07, 6.45) is 2.00. The Morgan fingerprint density at radius 2 is 2.30 bits per heavy atom. The van der Waals surface area contributed by atoms with Gasteiger partial charge in [0.1, 0.15) is 6.10 Å². The molecule has 0 saturated carbocycles. The average Bonchev–Trinajstić information content (AvgIpc) is 3.25. The van der Waals surface area contributed by atoms with Crippen LogP contribution < -0.4 is 15.2 Å². The van der Waals surface area contributed by atoms with Crippen molar-refractivity contribution in [3.8, 4) is 11.5 Å². The molecule has 7 nitrogen and oxygen atoms in total. The molecule has 0 bridgehead atoms. The molecule has 23 heavy (non-hydrogen) atoms. The molecule has 3 N–H and O–H groups in total.